The summed E-state index contributed by atoms with van der Waals surface area (Å²) in [6.07, 6.45) is 0. The van der Waals surface area contributed by atoms with E-state index in [0.717, 1.165) is 6.54 Å². The van der Waals surface area contributed by atoms with Gasteiger partial charge >= 0.3 is 5.97 Å². The Morgan fingerprint density at radius 1 is 1.24 bits per heavy atom. The second kappa shape index (κ2) is 5.84. The van der Waals surface area contributed by atoms with Crippen LogP contribution in [0.1, 0.15) is 5.56 Å². The van der Waals surface area contributed by atoms with Gasteiger partial charge in [0, 0.05) is 12.6 Å². The van der Waals surface area contributed by atoms with Crippen molar-refractivity contribution in [3.8, 4) is 0 Å². The molecule has 0 spiro atoms. The number of likely N-dealkylation sites (N-methyl/N-ethyl adjacent to an activating group) is 1. The smallest absolute Gasteiger partial charge is 0.310 e. The molecule has 2 aromatic rings. The first kappa shape index (κ1) is 14.0. The first-order valence-electron chi connectivity index (χ1n) is 7.13. The molecule has 4 nitrogen and oxygen atoms in total. The van der Waals surface area contributed by atoms with Crippen molar-refractivity contribution < 1.29 is 14.6 Å². The maximum atomic E-state index is 11.2. The first-order chi connectivity index (χ1) is 10.1. The fourth-order valence-electron chi connectivity index (χ4n) is 2.96. The third-order valence-corrected chi connectivity index (χ3v) is 4.18. The molecule has 1 aliphatic heterocycles. The predicted molar refractivity (Wildman–Crippen MR) is 81.1 cm³/mol. The topological polar surface area (TPSA) is 49.8 Å². The highest BCUT2D eigenvalue weighted by molar-refractivity contribution is 5.83. The third-order valence-electron chi connectivity index (χ3n) is 4.18. The van der Waals surface area contributed by atoms with Crippen molar-refractivity contribution in [2.45, 2.75) is 12.6 Å². The summed E-state index contributed by atoms with van der Waals surface area (Å²) in [6, 6.07) is 14.6. The van der Waals surface area contributed by atoms with Crippen LogP contribution in [-0.4, -0.2) is 42.3 Å². The lowest BCUT2D eigenvalue weighted by Crippen LogP contribution is -2.40. The Morgan fingerprint density at radius 2 is 2.00 bits per heavy atom. The lowest BCUT2D eigenvalue weighted by molar-refractivity contribution is -0.143. The molecule has 3 rings (SSSR count). The van der Waals surface area contributed by atoms with Gasteiger partial charge in [-0.2, -0.15) is 0 Å². The van der Waals surface area contributed by atoms with E-state index in [1.54, 1.807) is 0 Å². The van der Waals surface area contributed by atoms with Crippen LogP contribution in [-0.2, 0) is 16.1 Å². The summed E-state index contributed by atoms with van der Waals surface area (Å²) in [7, 11) is 1.96. The summed E-state index contributed by atoms with van der Waals surface area (Å²) in [5, 5.41) is 11.7. The number of hydrogen-bond donors (Lipinski definition) is 1. The van der Waals surface area contributed by atoms with Gasteiger partial charge in [0.25, 0.3) is 0 Å². The Balaban J connectivity index is 1.76. The molecule has 21 heavy (non-hydrogen) atoms. The maximum absolute atomic E-state index is 11.2. The Labute approximate surface area is 123 Å². The van der Waals surface area contributed by atoms with Gasteiger partial charge < -0.3 is 9.84 Å². The number of benzene rings is 2. The number of nitrogens with zero attached hydrogens (tertiary/aromatic N) is 1. The molecule has 0 bridgehead atoms. The Kier molecular flexibility index (Phi) is 3.90. The average molecular weight is 285 g/mol. The van der Waals surface area contributed by atoms with Gasteiger partial charge in [0.15, 0.2) is 0 Å². The molecule has 0 aromatic heterocycles. The molecule has 2 atom stereocenters. The Hall–Kier alpha value is -1.91. The van der Waals surface area contributed by atoms with Gasteiger partial charge in [-0.05, 0) is 29.4 Å². The van der Waals surface area contributed by atoms with Crippen molar-refractivity contribution in [2.24, 2.45) is 5.92 Å². The number of carbonyl (C=O) groups is 1. The van der Waals surface area contributed by atoms with Crippen LogP contribution < -0.4 is 0 Å². The molecular formula is C17H19NO3. The molecule has 2 unspecified atom stereocenters. The van der Waals surface area contributed by atoms with Crippen LogP contribution in [0.2, 0.25) is 0 Å². The standard InChI is InChI=1S/C17H19NO3/c1-18(16-11-21-10-15(16)17(19)20)9-12-6-7-13-4-2-3-5-14(13)8-12/h2-8,15-16H,9-11H2,1H3,(H,19,20). The zero-order chi connectivity index (χ0) is 14.8. The van der Waals surface area contributed by atoms with E-state index in [1.165, 1.54) is 16.3 Å². The van der Waals surface area contributed by atoms with E-state index >= 15 is 0 Å². The number of carboxylic acids is 1. The Bertz CT molecular complexity index is 655. The number of carboxylic acid groups (broad SMARTS) is 1. The minimum absolute atomic E-state index is 0.0611. The van der Waals surface area contributed by atoms with Gasteiger partial charge in [-0.1, -0.05) is 36.4 Å². The monoisotopic (exact) mass is 285 g/mol. The second-order valence-electron chi connectivity index (χ2n) is 5.65. The number of ether oxygens (including phenoxy) is 1. The molecule has 0 saturated carbocycles. The van der Waals surface area contributed by atoms with E-state index in [2.05, 4.69) is 35.2 Å². The minimum atomic E-state index is -0.775. The molecule has 0 aliphatic carbocycles. The highest BCUT2D eigenvalue weighted by Gasteiger charge is 2.36. The van der Waals surface area contributed by atoms with Crippen LogP contribution >= 0.6 is 0 Å². The molecule has 0 radical (unpaired) electrons. The van der Waals surface area contributed by atoms with E-state index in [0.29, 0.717) is 13.2 Å². The highest BCUT2D eigenvalue weighted by atomic mass is 16.5. The molecule has 1 N–H and O–H groups in total. The van der Waals surface area contributed by atoms with E-state index < -0.39 is 11.9 Å². The fourth-order valence-corrected chi connectivity index (χ4v) is 2.96. The summed E-state index contributed by atoms with van der Waals surface area (Å²) in [5.41, 5.74) is 1.19. The van der Waals surface area contributed by atoms with E-state index in [1.807, 2.05) is 19.2 Å². The highest BCUT2D eigenvalue weighted by Crippen LogP contribution is 2.22. The second-order valence-corrected chi connectivity index (χ2v) is 5.65. The van der Waals surface area contributed by atoms with Crippen molar-refractivity contribution in [1.82, 2.24) is 4.90 Å². The van der Waals surface area contributed by atoms with Gasteiger partial charge in [-0.15, -0.1) is 0 Å². The molecule has 0 amide bonds. The van der Waals surface area contributed by atoms with Gasteiger partial charge in [-0.25, -0.2) is 0 Å². The van der Waals surface area contributed by atoms with Gasteiger partial charge in [-0.3, -0.25) is 9.69 Å². The molecule has 1 fully saturated rings. The molecule has 4 heteroatoms. The van der Waals surface area contributed by atoms with Crippen molar-refractivity contribution in [3.63, 3.8) is 0 Å². The van der Waals surface area contributed by atoms with E-state index in [-0.39, 0.29) is 6.04 Å². The summed E-state index contributed by atoms with van der Waals surface area (Å²) in [6.45, 7) is 1.52. The molecule has 1 heterocycles. The van der Waals surface area contributed by atoms with Crippen LogP contribution in [0.15, 0.2) is 42.5 Å². The first-order valence-corrected chi connectivity index (χ1v) is 7.13. The van der Waals surface area contributed by atoms with E-state index in [9.17, 15) is 9.90 Å². The quantitative estimate of drug-likeness (QED) is 0.937. The number of aliphatic carboxylic acids is 1. The SMILES string of the molecule is CN(Cc1ccc2ccccc2c1)C1COCC1C(=O)O. The van der Waals surface area contributed by atoms with Crippen molar-refractivity contribution in [1.29, 1.82) is 0 Å². The largest absolute Gasteiger partial charge is 0.481 e. The third kappa shape index (κ3) is 2.91. The lowest BCUT2D eigenvalue weighted by Gasteiger charge is -2.26. The summed E-state index contributed by atoms with van der Waals surface area (Å²) in [4.78, 5) is 13.3. The molecule has 1 saturated heterocycles. The number of hydrogen-bond acceptors (Lipinski definition) is 3. The van der Waals surface area contributed by atoms with Gasteiger partial charge in [0.05, 0.1) is 19.1 Å². The van der Waals surface area contributed by atoms with Crippen LogP contribution in [0.3, 0.4) is 0 Å². The zero-order valence-electron chi connectivity index (χ0n) is 12.0. The zero-order valence-corrected chi connectivity index (χ0v) is 12.0. The molecular weight excluding hydrogens is 266 g/mol. The van der Waals surface area contributed by atoms with Crippen LogP contribution in [0, 0.1) is 5.92 Å². The van der Waals surface area contributed by atoms with Crippen LogP contribution in [0.5, 0.6) is 0 Å². The Morgan fingerprint density at radius 3 is 2.76 bits per heavy atom. The number of fused-ring (bicyclic) bond motifs is 1. The van der Waals surface area contributed by atoms with Crippen molar-refractivity contribution >= 4 is 16.7 Å². The van der Waals surface area contributed by atoms with Gasteiger partial charge in [0.2, 0.25) is 0 Å². The van der Waals surface area contributed by atoms with Crippen molar-refractivity contribution in [3.05, 3.63) is 48.0 Å². The maximum Gasteiger partial charge on any atom is 0.310 e. The molecule has 2 aromatic carbocycles. The summed E-state index contributed by atoms with van der Waals surface area (Å²) in [5.74, 6) is -1.21. The summed E-state index contributed by atoms with van der Waals surface area (Å²) >= 11 is 0. The normalized spacial score (nSPS) is 22.0. The minimum Gasteiger partial charge on any atom is -0.481 e. The van der Waals surface area contributed by atoms with Gasteiger partial charge in [0.1, 0.15) is 0 Å². The van der Waals surface area contributed by atoms with Crippen LogP contribution in [0.25, 0.3) is 10.8 Å². The predicted octanol–water partition coefficient (Wildman–Crippen LogP) is 2.37. The number of rotatable bonds is 4. The van der Waals surface area contributed by atoms with Crippen molar-refractivity contribution in [2.75, 3.05) is 20.3 Å². The lowest BCUT2D eigenvalue weighted by atomic mass is 10.0. The molecule has 110 valence electrons. The van der Waals surface area contributed by atoms with Crippen LogP contribution in [0.4, 0.5) is 0 Å². The average Bonchev–Trinajstić information content (AvgIpc) is 2.97. The summed E-state index contributed by atoms with van der Waals surface area (Å²) < 4.78 is 5.34. The van der Waals surface area contributed by atoms with E-state index in [4.69, 9.17) is 4.74 Å². The fraction of sp³-hybridized carbons (Fsp3) is 0.353. The molecule has 1 aliphatic rings.